The first-order valence-corrected chi connectivity index (χ1v) is 5.87. The smallest absolute Gasteiger partial charge is 0.193 e. The zero-order chi connectivity index (χ0) is 12.8. The summed E-state index contributed by atoms with van der Waals surface area (Å²) in [5.74, 6) is -0.807. The maximum Gasteiger partial charge on any atom is 0.193 e. The van der Waals surface area contributed by atoms with E-state index in [1.165, 1.54) is 12.2 Å². The van der Waals surface area contributed by atoms with Crippen molar-refractivity contribution in [2.75, 3.05) is 7.11 Å². The van der Waals surface area contributed by atoms with E-state index in [9.17, 15) is 4.79 Å². The van der Waals surface area contributed by atoms with Gasteiger partial charge < -0.3 is 9.47 Å². The summed E-state index contributed by atoms with van der Waals surface area (Å²) < 4.78 is 11.6. The van der Waals surface area contributed by atoms with Gasteiger partial charge in [-0.1, -0.05) is 24.3 Å². The molecule has 1 atom stereocenters. The van der Waals surface area contributed by atoms with E-state index in [0.717, 1.165) is 11.1 Å². The third-order valence-electron chi connectivity index (χ3n) is 3.58. The van der Waals surface area contributed by atoms with Crippen molar-refractivity contribution in [3.05, 3.63) is 59.7 Å². The highest BCUT2D eigenvalue weighted by atomic mass is 16.7. The molecule has 0 N–H and O–H groups in total. The molecule has 1 aromatic carbocycles. The van der Waals surface area contributed by atoms with E-state index < -0.39 is 11.4 Å². The lowest BCUT2D eigenvalue weighted by molar-refractivity contribution is -0.239. The number of rotatable bonds is 1. The standard InChI is InChI=1S/C15H14O3/c1-14(17-2)12-5-3-4-6-13(12)15(18-14)9-7-11(16)8-10-15/h3-10H,1-2H3. The Morgan fingerprint density at radius 2 is 1.72 bits per heavy atom. The number of hydrogen-bond donors (Lipinski definition) is 0. The molecular formula is C15H14O3. The van der Waals surface area contributed by atoms with E-state index in [4.69, 9.17) is 9.47 Å². The Hall–Kier alpha value is -1.71. The Labute approximate surface area is 106 Å². The second kappa shape index (κ2) is 3.64. The molecule has 0 saturated heterocycles. The number of ketones is 1. The highest BCUT2D eigenvalue weighted by Crippen LogP contribution is 2.49. The molecule has 0 fully saturated rings. The first-order chi connectivity index (χ1) is 8.60. The monoisotopic (exact) mass is 242 g/mol. The summed E-state index contributed by atoms with van der Waals surface area (Å²) in [5.41, 5.74) is 1.33. The third kappa shape index (κ3) is 1.41. The summed E-state index contributed by atoms with van der Waals surface area (Å²) in [6.07, 6.45) is 6.66. The molecule has 0 saturated carbocycles. The number of benzene rings is 1. The summed E-state index contributed by atoms with van der Waals surface area (Å²) in [7, 11) is 1.62. The number of carbonyl (C=O) groups is 1. The molecule has 0 aromatic heterocycles. The average Bonchev–Trinajstić information content (AvgIpc) is 2.65. The first-order valence-electron chi connectivity index (χ1n) is 5.87. The van der Waals surface area contributed by atoms with Gasteiger partial charge in [0, 0.05) is 18.2 Å². The Morgan fingerprint density at radius 1 is 1.11 bits per heavy atom. The minimum atomic E-state index is -0.786. The van der Waals surface area contributed by atoms with Gasteiger partial charge in [-0.15, -0.1) is 0 Å². The quantitative estimate of drug-likeness (QED) is 0.758. The van der Waals surface area contributed by atoms with Crippen LogP contribution in [0.3, 0.4) is 0 Å². The lowest BCUT2D eigenvalue weighted by Crippen LogP contribution is -2.30. The normalized spacial score (nSPS) is 27.8. The molecule has 1 unspecified atom stereocenters. The van der Waals surface area contributed by atoms with Gasteiger partial charge in [-0.3, -0.25) is 4.79 Å². The topological polar surface area (TPSA) is 35.5 Å². The third-order valence-corrected chi connectivity index (χ3v) is 3.58. The summed E-state index contributed by atoms with van der Waals surface area (Å²) >= 11 is 0. The number of fused-ring (bicyclic) bond motifs is 2. The molecule has 0 amide bonds. The number of ether oxygens (including phenoxy) is 2. The Morgan fingerprint density at radius 3 is 2.33 bits per heavy atom. The van der Waals surface area contributed by atoms with E-state index in [0.29, 0.717) is 0 Å². The van der Waals surface area contributed by atoms with Gasteiger partial charge in [0.25, 0.3) is 0 Å². The minimum absolute atomic E-state index is 0.0206. The van der Waals surface area contributed by atoms with Crippen LogP contribution in [0.15, 0.2) is 48.6 Å². The van der Waals surface area contributed by atoms with Crippen molar-refractivity contribution in [2.45, 2.75) is 18.3 Å². The van der Waals surface area contributed by atoms with Crippen molar-refractivity contribution in [1.29, 1.82) is 0 Å². The molecule has 1 spiro atoms. The van der Waals surface area contributed by atoms with Crippen molar-refractivity contribution in [1.82, 2.24) is 0 Å². The van der Waals surface area contributed by atoms with Gasteiger partial charge in [-0.2, -0.15) is 0 Å². The van der Waals surface area contributed by atoms with E-state index in [-0.39, 0.29) is 5.78 Å². The van der Waals surface area contributed by atoms with Crippen LogP contribution in [0.1, 0.15) is 18.1 Å². The van der Waals surface area contributed by atoms with E-state index in [1.807, 2.05) is 31.2 Å². The van der Waals surface area contributed by atoms with Crippen LogP contribution in [0, 0.1) is 0 Å². The molecule has 3 nitrogen and oxygen atoms in total. The van der Waals surface area contributed by atoms with Crippen LogP contribution in [-0.4, -0.2) is 12.9 Å². The number of carbonyl (C=O) groups excluding carboxylic acids is 1. The molecule has 3 heteroatoms. The zero-order valence-electron chi connectivity index (χ0n) is 10.3. The second-order valence-electron chi connectivity index (χ2n) is 4.66. The minimum Gasteiger partial charge on any atom is -0.349 e. The Kier molecular flexibility index (Phi) is 2.30. The van der Waals surface area contributed by atoms with E-state index in [2.05, 4.69) is 0 Å². The molecule has 18 heavy (non-hydrogen) atoms. The van der Waals surface area contributed by atoms with Gasteiger partial charge in [0.15, 0.2) is 11.6 Å². The fourth-order valence-corrected chi connectivity index (χ4v) is 2.57. The first kappa shape index (κ1) is 11.4. The Balaban J connectivity index is 2.19. The van der Waals surface area contributed by atoms with Crippen LogP contribution < -0.4 is 0 Å². The maximum atomic E-state index is 11.3. The van der Waals surface area contributed by atoms with Gasteiger partial charge in [0.2, 0.25) is 0 Å². The van der Waals surface area contributed by atoms with Crippen LogP contribution in [-0.2, 0) is 25.7 Å². The lowest BCUT2D eigenvalue weighted by atomic mass is 9.88. The summed E-state index contributed by atoms with van der Waals surface area (Å²) in [6, 6.07) is 7.92. The summed E-state index contributed by atoms with van der Waals surface area (Å²) in [6.45, 7) is 1.89. The number of allylic oxidation sites excluding steroid dienone is 2. The highest BCUT2D eigenvalue weighted by Gasteiger charge is 2.49. The predicted molar refractivity (Wildman–Crippen MR) is 66.9 cm³/mol. The molecule has 3 rings (SSSR count). The molecule has 92 valence electrons. The molecule has 1 heterocycles. The van der Waals surface area contributed by atoms with Crippen LogP contribution >= 0.6 is 0 Å². The highest BCUT2D eigenvalue weighted by molar-refractivity contribution is 6.00. The van der Waals surface area contributed by atoms with Crippen LogP contribution in [0.2, 0.25) is 0 Å². The molecular weight excluding hydrogens is 228 g/mol. The fourth-order valence-electron chi connectivity index (χ4n) is 2.57. The van der Waals surface area contributed by atoms with Crippen molar-refractivity contribution in [3.8, 4) is 0 Å². The zero-order valence-corrected chi connectivity index (χ0v) is 10.3. The van der Waals surface area contributed by atoms with Gasteiger partial charge in [0.1, 0.15) is 5.60 Å². The molecule has 1 aliphatic heterocycles. The molecule has 0 bridgehead atoms. The second-order valence-corrected chi connectivity index (χ2v) is 4.66. The van der Waals surface area contributed by atoms with Gasteiger partial charge in [0.05, 0.1) is 0 Å². The van der Waals surface area contributed by atoms with Crippen molar-refractivity contribution in [2.24, 2.45) is 0 Å². The summed E-state index contributed by atoms with van der Waals surface area (Å²) in [5, 5.41) is 0. The SMILES string of the molecule is COC1(C)OC2(C=CC(=O)C=C2)c2ccccc21. The van der Waals surface area contributed by atoms with Crippen LogP contribution in [0.4, 0.5) is 0 Å². The number of methoxy groups -OCH3 is 1. The number of hydrogen-bond acceptors (Lipinski definition) is 3. The van der Waals surface area contributed by atoms with Gasteiger partial charge >= 0.3 is 0 Å². The lowest BCUT2D eigenvalue weighted by Gasteiger charge is -2.29. The molecule has 1 aliphatic carbocycles. The van der Waals surface area contributed by atoms with Crippen molar-refractivity contribution in [3.63, 3.8) is 0 Å². The molecule has 0 radical (unpaired) electrons. The van der Waals surface area contributed by atoms with Gasteiger partial charge in [-0.25, -0.2) is 0 Å². The Bertz CT molecular complexity index is 555. The van der Waals surface area contributed by atoms with E-state index >= 15 is 0 Å². The van der Waals surface area contributed by atoms with Crippen LogP contribution in [0.25, 0.3) is 0 Å². The summed E-state index contributed by atoms with van der Waals surface area (Å²) in [4.78, 5) is 11.3. The van der Waals surface area contributed by atoms with Crippen LogP contribution in [0.5, 0.6) is 0 Å². The predicted octanol–water partition coefficient (Wildman–Crippen LogP) is 2.43. The molecule has 1 aromatic rings. The van der Waals surface area contributed by atoms with E-state index in [1.54, 1.807) is 19.3 Å². The van der Waals surface area contributed by atoms with Gasteiger partial charge in [-0.05, 0) is 31.2 Å². The average molecular weight is 242 g/mol. The molecule has 2 aliphatic rings. The van der Waals surface area contributed by atoms with Crippen molar-refractivity contribution >= 4 is 5.78 Å². The van der Waals surface area contributed by atoms with Crippen molar-refractivity contribution < 1.29 is 14.3 Å². The maximum absolute atomic E-state index is 11.3. The fraction of sp³-hybridized carbons (Fsp3) is 0.267. The largest absolute Gasteiger partial charge is 0.349 e.